The van der Waals surface area contributed by atoms with E-state index in [1.54, 1.807) is 24.7 Å². The van der Waals surface area contributed by atoms with Crippen molar-refractivity contribution in [2.24, 2.45) is 4.99 Å². The molecule has 0 saturated carbocycles. The van der Waals surface area contributed by atoms with Crippen molar-refractivity contribution in [2.45, 2.75) is 32.9 Å². The van der Waals surface area contributed by atoms with Crippen LogP contribution in [0.5, 0.6) is 17.2 Å². The number of para-hydroxylation sites is 1. The second-order valence-corrected chi connectivity index (χ2v) is 12.9. The third-order valence-corrected chi connectivity index (χ3v) is 9.50. The summed E-state index contributed by atoms with van der Waals surface area (Å²) in [6.07, 6.45) is 4.13. The quantitative estimate of drug-likeness (QED) is 0.138. The predicted molar refractivity (Wildman–Crippen MR) is 199 cm³/mol. The van der Waals surface area contributed by atoms with E-state index in [1.807, 2.05) is 104 Å². The minimum atomic E-state index is -0.747. The van der Waals surface area contributed by atoms with Crippen molar-refractivity contribution in [3.8, 4) is 17.2 Å². The van der Waals surface area contributed by atoms with Crippen LogP contribution in [0.1, 0.15) is 42.1 Å². The molecule has 1 amide bonds. The monoisotopic (exact) mass is 705 g/mol. The molecule has 4 aromatic carbocycles. The molecule has 0 spiro atoms. The molecule has 0 fully saturated rings. The van der Waals surface area contributed by atoms with Gasteiger partial charge < -0.3 is 19.5 Å². The van der Waals surface area contributed by atoms with Crippen LogP contribution in [-0.4, -0.2) is 24.2 Å². The summed E-state index contributed by atoms with van der Waals surface area (Å²) in [6, 6.07) is 27.2. The van der Waals surface area contributed by atoms with E-state index in [9.17, 15) is 9.59 Å². The minimum Gasteiger partial charge on any atom is -0.497 e. The van der Waals surface area contributed by atoms with Crippen LogP contribution in [0.2, 0.25) is 5.02 Å². The lowest BCUT2D eigenvalue weighted by Gasteiger charge is -2.25. The average Bonchev–Trinajstić information content (AvgIpc) is 3.42. The molecule has 1 aliphatic heterocycles. The molecule has 2 heterocycles. The van der Waals surface area contributed by atoms with Crippen molar-refractivity contribution < 1.29 is 19.0 Å². The number of carbonyl (C=O) groups excluding carboxylic acids is 1. The molecule has 1 atom stereocenters. The first kappa shape index (κ1) is 34.5. The molecule has 1 N–H and O–H groups in total. The van der Waals surface area contributed by atoms with Crippen LogP contribution in [0.3, 0.4) is 0 Å². The Labute approximate surface area is 299 Å². The standard InChI is InChI=1S/C40H36ClN3O5S/c1-5-13-28-20-26(21-33(48-6-2)37(28)49-24-29-14-10-11-19-32(29)41)22-34-39(46)44-36(27-15-12-18-31(23-27)47-4)35(25(3)42-40(44)50-34)38(45)43-30-16-8-7-9-17-30/h5,7-12,14-23,36H,1,6,13,24H2,2-4H3,(H,43,45)/b34-22+/t36-/m0/s1. The number of hydrogen-bond donors (Lipinski definition) is 1. The summed E-state index contributed by atoms with van der Waals surface area (Å²) in [6.45, 7) is 8.31. The molecule has 254 valence electrons. The topological polar surface area (TPSA) is 91.2 Å². The molecule has 0 bridgehead atoms. The maximum absolute atomic E-state index is 14.4. The number of anilines is 1. The van der Waals surface area contributed by atoms with Crippen molar-refractivity contribution >= 4 is 40.6 Å². The number of carbonyl (C=O) groups is 1. The van der Waals surface area contributed by atoms with Crippen LogP contribution in [-0.2, 0) is 17.8 Å². The molecule has 50 heavy (non-hydrogen) atoms. The van der Waals surface area contributed by atoms with Crippen LogP contribution in [0.25, 0.3) is 6.08 Å². The SMILES string of the molecule is C=CCc1cc(/C=c2/sc3n(c2=O)[C@@H](c2cccc(OC)c2)C(C(=O)Nc2ccccc2)=C(C)N=3)cc(OCC)c1OCc1ccccc1Cl. The second kappa shape index (κ2) is 15.4. The van der Waals surface area contributed by atoms with Crippen LogP contribution in [0.15, 0.2) is 125 Å². The van der Waals surface area contributed by atoms with Gasteiger partial charge in [-0.15, -0.1) is 6.58 Å². The molecule has 1 aromatic heterocycles. The van der Waals surface area contributed by atoms with Crippen molar-refractivity contribution in [3.05, 3.63) is 162 Å². The number of rotatable bonds is 12. The van der Waals surface area contributed by atoms with E-state index in [4.69, 9.17) is 30.8 Å². The molecule has 0 aliphatic carbocycles. The summed E-state index contributed by atoms with van der Waals surface area (Å²) in [7, 11) is 1.58. The first-order chi connectivity index (χ1) is 24.3. The molecule has 8 nitrogen and oxygen atoms in total. The number of methoxy groups -OCH3 is 1. The van der Waals surface area contributed by atoms with Crippen molar-refractivity contribution in [2.75, 3.05) is 19.0 Å². The fraction of sp³-hybridized carbons (Fsp3) is 0.175. The van der Waals surface area contributed by atoms with Gasteiger partial charge in [0.05, 0.1) is 35.6 Å². The molecule has 10 heteroatoms. The predicted octanol–water partition coefficient (Wildman–Crippen LogP) is 7.24. The Hall–Kier alpha value is -5.38. The molecule has 0 radical (unpaired) electrons. The fourth-order valence-corrected chi connectivity index (χ4v) is 7.11. The van der Waals surface area contributed by atoms with E-state index in [2.05, 4.69) is 11.9 Å². The number of fused-ring (bicyclic) bond motifs is 1. The normalized spacial score (nSPS) is 14.1. The maximum atomic E-state index is 14.4. The highest BCUT2D eigenvalue weighted by atomic mass is 35.5. The Morgan fingerprint density at radius 2 is 1.80 bits per heavy atom. The van der Waals surface area contributed by atoms with Crippen LogP contribution < -0.4 is 34.4 Å². The summed E-state index contributed by atoms with van der Waals surface area (Å²) in [5.74, 6) is 1.40. The second-order valence-electron chi connectivity index (χ2n) is 11.5. The number of benzene rings is 4. The third-order valence-electron chi connectivity index (χ3n) is 8.15. The molecular weight excluding hydrogens is 670 g/mol. The van der Waals surface area contributed by atoms with E-state index < -0.39 is 6.04 Å². The lowest BCUT2D eigenvalue weighted by atomic mass is 9.95. The number of nitrogens with zero attached hydrogens (tertiary/aromatic N) is 2. The minimum absolute atomic E-state index is 0.256. The number of aromatic nitrogens is 1. The highest BCUT2D eigenvalue weighted by molar-refractivity contribution is 7.07. The van der Waals surface area contributed by atoms with Gasteiger partial charge in [-0.3, -0.25) is 14.2 Å². The van der Waals surface area contributed by atoms with E-state index >= 15 is 0 Å². The van der Waals surface area contributed by atoms with Crippen molar-refractivity contribution in [1.29, 1.82) is 0 Å². The Kier molecular flexibility index (Phi) is 10.7. The Balaban J connectivity index is 1.46. The van der Waals surface area contributed by atoms with Gasteiger partial charge in [0.1, 0.15) is 12.4 Å². The number of nitrogens with one attached hydrogen (secondary N) is 1. The van der Waals surface area contributed by atoms with Crippen LogP contribution >= 0.6 is 22.9 Å². The fourth-order valence-electron chi connectivity index (χ4n) is 5.88. The Bertz CT molecular complexity index is 2280. The Morgan fingerprint density at radius 3 is 2.54 bits per heavy atom. The molecule has 1 aliphatic rings. The number of allylic oxidation sites excluding steroid dienone is 2. The number of ether oxygens (including phenoxy) is 3. The molecular formula is C40H36ClN3O5S. The van der Waals surface area contributed by atoms with Gasteiger partial charge in [0.15, 0.2) is 16.3 Å². The highest BCUT2D eigenvalue weighted by Gasteiger charge is 2.33. The Morgan fingerprint density at radius 1 is 1.02 bits per heavy atom. The first-order valence-electron chi connectivity index (χ1n) is 16.1. The van der Waals surface area contributed by atoms with Crippen molar-refractivity contribution in [1.82, 2.24) is 4.57 Å². The highest BCUT2D eigenvalue weighted by Crippen LogP contribution is 2.36. The zero-order chi connectivity index (χ0) is 35.2. The van der Waals surface area contributed by atoms with Gasteiger partial charge in [-0.2, -0.15) is 0 Å². The van der Waals surface area contributed by atoms with E-state index in [0.29, 0.717) is 61.6 Å². The van der Waals surface area contributed by atoms with Gasteiger partial charge in [0.25, 0.3) is 11.5 Å². The zero-order valence-electron chi connectivity index (χ0n) is 27.9. The number of halogens is 1. The zero-order valence-corrected chi connectivity index (χ0v) is 29.5. The number of thiazole rings is 1. The van der Waals surface area contributed by atoms with Crippen LogP contribution in [0, 0.1) is 0 Å². The lowest BCUT2D eigenvalue weighted by Crippen LogP contribution is -2.40. The summed E-state index contributed by atoms with van der Waals surface area (Å²) in [5.41, 5.74) is 4.42. The maximum Gasteiger partial charge on any atom is 0.271 e. The molecule has 0 unspecified atom stereocenters. The van der Waals surface area contributed by atoms with Gasteiger partial charge in [0, 0.05) is 21.8 Å². The number of amides is 1. The molecule has 6 rings (SSSR count). The first-order valence-corrected chi connectivity index (χ1v) is 17.3. The summed E-state index contributed by atoms with van der Waals surface area (Å²) < 4.78 is 19.9. The van der Waals surface area contributed by atoms with E-state index in [1.165, 1.54) is 11.3 Å². The van der Waals surface area contributed by atoms with E-state index in [0.717, 1.165) is 22.3 Å². The van der Waals surface area contributed by atoms with Gasteiger partial charge in [-0.05, 0) is 79.9 Å². The average molecular weight is 706 g/mol. The molecule has 5 aromatic rings. The van der Waals surface area contributed by atoms with E-state index in [-0.39, 0.29) is 18.1 Å². The third kappa shape index (κ3) is 7.29. The van der Waals surface area contributed by atoms with Gasteiger partial charge in [-0.1, -0.05) is 77.5 Å². The largest absolute Gasteiger partial charge is 0.497 e. The lowest BCUT2D eigenvalue weighted by molar-refractivity contribution is -0.113. The summed E-state index contributed by atoms with van der Waals surface area (Å²) >= 11 is 7.66. The van der Waals surface area contributed by atoms with Crippen molar-refractivity contribution in [3.63, 3.8) is 0 Å². The summed E-state index contributed by atoms with van der Waals surface area (Å²) in [5, 5.41) is 3.60. The summed E-state index contributed by atoms with van der Waals surface area (Å²) in [4.78, 5) is 33.6. The molecule has 0 saturated heterocycles. The van der Waals surface area contributed by atoms with Gasteiger partial charge in [0.2, 0.25) is 0 Å². The van der Waals surface area contributed by atoms with Gasteiger partial charge in [-0.25, -0.2) is 4.99 Å². The number of hydrogen-bond acceptors (Lipinski definition) is 7. The van der Waals surface area contributed by atoms with Crippen LogP contribution in [0.4, 0.5) is 5.69 Å². The van der Waals surface area contributed by atoms with Gasteiger partial charge >= 0.3 is 0 Å². The smallest absolute Gasteiger partial charge is 0.271 e.